The number of anilines is 3. The van der Waals surface area contributed by atoms with Gasteiger partial charge in [0.2, 0.25) is 0 Å². The van der Waals surface area contributed by atoms with Crippen LogP contribution in [0.15, 0.2) is 249 Å². The fraction of sp³-hybridized carbons (Fsp3) is 0.0169. The first kappa shape index (κ1) is 35.4. The third kappa shape index (κ3) is 5.94. The fourth-order valence-electron chi connectivity index (χ4n) is 9.62. The van der Waals surface area contributed by atoms with Gasteiger partial charge in [-0.25, -0.2) is 0 Å². The largest absolute Gasteiger partial charge is 0.310 e. The van der Waals surface area contributed by atoms with Crippen LogP contribution in [0.2, 0.25) is 0 Å². The highest BCUT2D eigenvalue weighted by molar-refractivity contribution is 6.05. The summed E-state index contributed by atoms with van der Waals surface area (Å²) in [5.74, 6) is 0. The van der Waals surface area contributed by atoms with Crippen LogP contribution in [0.25, 0.3) is 55.3 Å². The number of fused-ring (bicyclic) bond motifs is 2. The number of benzene rings is 10. The highest BCUT2D eigenvalue weighted by atomic mass is 15.1. The number of hydrogen-bond donors (Lipinski definition) is 0. The summed E-state index contributed by atoms with van der Waals surface area (Å²) < 4.78 is 0. The Hall–Kier alpha value is -7.74. The van der Waals surface area contributed by atoms with Crippen molar-refractivity contribution in [3.63, 3.8) is 0 Å². The van der Waals surface area contributed by atoms with Gasteiger partial charge >= 0.3 is 0 Å². The first-order valence-electron chi connectivity index (χ1n) is 20.8. The molecular weight excluding hydrogens is 723 g/mol. The summed E-state index contributed by atoms with van der Waals surface area (Å²) in [7, 11) is 0. The Morgan fingerprint density at radius 1 is 0.267 bits per heavy atom. The molecule has 282 valence electrons. The third-order valence-corrected chi connectivity index (χ3v) is 12.3. The van der Waals surface area contributed by atoms with E-state index in [0.717, 1.165) is 17.1 Å². The summed E-state index contributed by atoms with van der Waals surface area (Å²) in [6.07, 6.45) is 0. The molecule has 1 heteroatoms. The van der Waals surface area contributed by atoms with E-state index in [2.05, 4.69) is 254 Å². The predicted octanol–water partition coefficient (Wildman–Crippen LogP) is 15.7. The van der Waals surface area contributed by atoms with E-state index in [4.69, 9.17) is 0 Å². The van der Waals surface area contributed by atoms with Crippen molar-refractivity contribution >= 4 is 27.8 Å². The minimum Gasteiger partial charge on any atom is -0.310 e. The molecule has 0 spiro atoms. The van der Waals surface area contributed by atoms with Crippen LogP contribution in [0.3, 0.4) is 0 Å². The van der Waals surface area contributed by atoms with Crippen molar-refractivity contribution in [1.82, 2.24) is 0 Å². The van der Waals surface area contributed by atoms with Crippen molar-refractivity contribution < 1.29 is 0 Å². The number of rotatable bonds is 8. The van der Waals surface area contributed by atoms with Crippen molar-refractivity contribution in [1.29, 1.82) is 0 Å². The van der Waals surface area contributed by atoms with Gasteiger partial charge in [-0.15, -0.1) is 0 Å². The average molecular weight is 764 g/mol. The molecule has 0 heterocycles. The van der Waals surface area contributed by atoms with Gasteiger partial charge in [-0.3, -0.25) is 0 Å². The standard InChI is InChI=1S/C59H41N/c1-5-17-42(18-6-1)46-23-13-29-52(39-46)60(53-30-14-24-47(40-53)43-19-7-2-8-20-43)51-36-33-44(34-37-51)48-35-38-54-55-31-15-21-45-22-16-32-56(58(45)55)59(57(54)41-48,49-25-9-3-10-26-49)50-27-11-4-12-28-50/h1-41H. The Kier molecular flexibility index (Phi) is 8.79. The van der Waals surface area contributed by atoms with Gasteiger partial charge in [-0.05, 0) is 120 Å². The molecule has 1 aliphatic rings. The SMILES string of the molecule is c1ccc(-c2cccc(N(c3ccc(-c4ccc5c(c4)C(c4ccccc4)(c4ccccc4)c4cccc6cccc-5c46)cc3)c3cccc(-c4ccccc4)c3)c2)cc1. The summed E-state index contributed by atoms with van der Waals surface area (Å²) in [4.78, 5) is 2.38. The molecule has 0 bridgehead atoms. The van der Waals surface area contributed by atoms with E-state index < -0.39 is 5.41 Å². The lowest BCUT2D eigenvalue weighted by Gasteiger charge is -2.42. The topological polar surface area (TPSA) is 3.24 Å². The lowest BCUT2D eigenvalue weighted by atomic mass is 9.59. The molecule has 0 unspecified atom stereocenters. The Morgan fingerprint density at radius 2 is 0.717 bits per heavy atom. The molecule has 0 aliphatic heterocycles. The van der Waals surface area contributed by atoms with Crippen molar-refractivity contribution in [3.05, 3.63) is 271 Å². The highest BCUT2D eigenvalue weighted by Gasteiger charge is 2.44. The minimum atomic E-state index is -0.522. The zero-order valence-electron chi connectivity index (χ0n) is 33.1. The monoisotopic (exact) mass is 763 g/mol. The van der Waals surface area contributed by atoms with Gasteiger partial charge in [-0.2, -0.15) is 0 Å². The molecule has 0 fully saturated rings. The minimum absolute atomic E-state index is 0.522. The van der Waals surface area contributed by atoms with Gasteiger partial charge in [-0.1, -0.05) is 206 Å². The summed E-state index contributed by atoms with van der Waals surface area (Å²) >= 11 is 0. The Balaban J connectivity index is 1.07. The van der Waals surface area contributed by atoms with Crippen LogP contribution in [-0.4, -0.2) is 0 Å². The zero-order chi connectivity index (χ0) is 39.9. The number of nitrogens with zero attached hydrogens (tertiary/aromatic N) is 1. The molecule has 0 radical (unpaired) electrons. The molecule has 0 aromatic heterocycles. The smallest absolute Gasteiger partial charge is 0.0713 e. The van der Waals surface area contributed by atoms with E-state index in [9.17, 15) is 0 Å². The second kappa shape index (κ2) is 14.9. The lowest BCUT2D eigenvalue weighted by molar-refractivity contribution is 0.750. The zero-order valence-corrected chi connectivity index (χ0v) is 33.1. The fourth-order valence-corrected chi connectivity index (χ4v) is 9.62. The van der Waals surface area contributed by atoms with Crippen LogP contribution < -0.4 is 4.90 Å². The molecule has 0 atom stereocenters. The van der Waals surface area contributed by atoms with Crippen molar-refractivity contribution in [2.45, 2.75) is 5.41 Å². The van der Waals surface area contributed by atoms with E-state index in [1.807, 2.05) is 0 Å². The van der Waals surface area contributed by atoms with E-state index in [1.54, 1.807) is 0 Å². The van der Waals surface area contributed by atoms with Gasteiger partial charge in [0.15, 0.2) is 0 Å². The maximum absolute atomic E-state index is 2.46. The van der Waals surface area contributed by atoms with E-state index in [0.29, 0.717) is 0 Å². The summed E-state index contributed by atoms with van der Waals surface area (Å²) in [5, 5.41) is 2.59. The molecule has 0 N–H and O–H groups in total. The Bertz CT molecular complexity index is 2990. The molecule has 10 aromatic rings. The lowest BCUT2D eigenvalue weighted by Crippen LogP contribution is -2.34. The molecule has 11 rings (SSSR count). The van der Waals surface area contributed by atoms with Crippen molar-refractivity contribution in [3.8, 4) is 44.5 Å². The van der Waals surface area contributed by atoms with Crippen LogP contribution in [-0.2, 0) is 5.41 Å². The van der Waals surface area contributed by atoms with Crippen molar-refractivity contribution in [2.24, 2.45) is 0 Å². The van der Waals surface area contributed by atoms with Gasteiger partial charge in [0, 0.05) is 17.1 Å². The quantitative estimate of drug-likeness (QED) is 0.149. The van der Waals surface area contributed by atoms with Crippen LogP contribution in [0, 0.1) is 0 Å². The Labute approximate surface area is 352 Å². The van der Waals surface area contributed by atoms with E-state index >= 15 is 0 Å². The molecule has 1 nitrogen and oxygen atoms in total. The normalized spacial score (nSPS) is 12.5. The van der Waals surface area contributed by atoms with Gasteiger partial charge in [0.25, 0.3) is 0 Å². The molecule has 0 amide bonds. The molecule has 0 saturated carbocycles. The second-order valence-corrected chi connectivity index (χ2v) is 15.7. The average Bonchev–Trinajstić information content (AvgIpc) is 3.33. The van der Waals surface area contributed by atoms with Gasteiger partial charge < -0.3 is 4.90 Å². The number of hydrogen-bond acceptors (Lipinski definition) is 1. The highest BCUT2D eigenvalue weighted by Crippen LogP contribution is 2.56. The second-order valence-electron chi connectivity index (χ2n) is 15.7. The van der Waals surface area contributed by atoms with Crippen molar-refractivity contribution in [2.75, 3.05) is 4.90 Å². The Morgan fingerprint density at radius 3 is 1.28 bits per heavy atom. The van der Waals surface area contributed by atoms with Gasteiger partial charge in [0.1, 0.15) is 0 Å². The maximum Gasteiger partial charge on any atom is 0.0713 e. The van der Waals surface area contributed by atoms with Crippen LogP contribution in [0.1, 0.15) is 22.3 Å². The van der Waals surface area contributed by atoms with Crippen LogP contribution in [0.4, 0.5) is 17.1 Å². The van der Waals surface area contributed by atoms with E-state index in [1.165, 1.54) is 77.5 Å². The summed E-state index contributed by atoms with van der Waals surface area (Å²) in [6.45, 7) is 0. The molecule has 1 aliphatic carbocycles. The molecular formula is C59H41N. The van der Waals surface area contributed by atoms with Gasteiger partial charge in [0.05, 0.1) is 5.41 Å². The summed E-state index contributed by atoms with van der Waals surface area (Å²) in [5.41, 5.74) is 17.6. The van der Waals surface area contributed by atoms with Crippen LogP contribution >= 0.6 is 0 Å². The van der Waals surface area contributed by atoms with E-state index in [-0.39, 0.29) is 0 Å². The molecule has 0 saturated heterocycles. The summed E-state index contributed by atoms with van der Waals surface area (Å²) in [6, 6.07) is 91.0. The first-order chi connectivity index (χ1) is 29.8. The molecule has 60 heavy (non-hydrogen) atoms. The first-order valence-corrected chi connectivity index (χ1v) is 20.8. The molecule has 10 aromatic carbocycles. The predicted molar refractivity (Wildman–Crippen MR) is 252 cm³/mol. The third-order valence-electron chi connectivity index (χ3n) is 12.3. The maximum atomic E-state index is 2.46. The van der Waals surface area contributed by atoms with Crippen LogP contribution in [0.5, 0.6) is 0 Å².